The van der Waals surface area contributed by atoms with Crippen molar-refractivity contribution in [1.82, 2.24) is 4.98 Å². The Morgan fingerprint density at radius 2 is 1.85 bits per heavy atom. The molecule has 3 aliphatic carbocycles. The van der Waals surface area contributed by atoms with Crippen molar-refractivity contribution < 1.29 is 14.3 Å². The van der Waals surface area contributed by atoms with Crippen LogP contribution >= 0.6 is 23.2 Å². The molecule has 140 valence electrons. The Morgan fingerprint density at radius 1 is 1.07 bits per heavy atom. The molecule has 0 N–H and O–H groups in total. The molecule has 0 unspecified atom stereocenters. The number of pyridine rings is 1. The monoisotopic (exact) mass is 403 g/mol. The maximum Gasteiger partial charge on any atom is 0.170 e. The molecule has 1 aromatic carbocycles. The van der Waals surface area contributed by atoms with Crippen LogP contribution < -0.4 is 4.74 Å². The van der Waals surface area contributed by atoms with Gasteiger partial charge in [-0.1, -0.05) is 29.3 Å². The standard InChI is InChI=1S/C21H19Cl2NO3/c22-17-5-4-16(8-18(17)23)27-10-15(25)9-20-11-21(12-20,13-20)19(26)7-14-3-1-2-6-24-14/h1-6,8H,7,9-13H2. The number of aromatic nitrogens is 1. The fourth-order valence-corrected chi connectivity index (χ4v) is 4.82. The van der Waals surface area contributed by atoms with Gasteiger partial charge in [0.05, 0.1) is 10.0 Å². The van der Waals surface area contributed by atoms with E-state index in [2.05, 4.69) is 4.98 Å². The molecule has 0 radical (unpaired) electrons. The van der Waals surface area contributed by atoms with Gasteiger partial charge in [0.1, 0.15) is 18.1 Å². The van der Waals surface area contributed by atoms with E-state index in [1.165, 1.54) is 0 Å². The molecule has 1 heterocycles. The fourth-order valence-electron chi connectivity index (χ4n) is 4.54. The van der Waals surface area contributed by atoms with Gasteiger partial charge in [-0.05, 0) is 48.9 Å². The highest BCUT2D eigenvalue weighted by Crippen LogP contribution is 2.75. The molecule has 3 saturated carbocycles. The number of ketones is 2. The Morgan fingerprint density at radius 3 is 2.52 bits per heavy atom. The SMILES string of the molecule is O=C(COc1ccc(Cl)c(Cl)c1)CC12CC(C(=O)Cc3ccccn3)(C1)C2. The van der Waals surface area contributed by atoms with Crippen LogP contribution in [0.15, 0.2) is 42.6 Å². The minimum Gasteiger partial charge on any atom is -0.486 e. The van der Waals surface area contributed by atoms with Crippen LogP contribution in [-0.4, -0.2) is 23.2 Å². The van der Waals surface area contributed by atoms with E-state index in [-0.39, 0.29) is 29.0 Å². The van der Waals surface area contributed by atoms with Crippen molar-refractivity contribution >= 4 is 34.8 Å². The van der Waals surface area contributed by atoms with E-state index in [1.807, 2.05) is 18.2 Å². The minimum absolute atomic E-state index is 0.00212. The lowest BCUT2D eigenvalue weighted by Gasteiger charge is -2.70. The van der Waals surface area contributed by atoms with Crippen LogP contribution in [0.5, 0.6) is 5.75 Å². The van der Waals surface area contributed by atoms with Crippen LogP contribution in [0.25, 0.3) is 0 Å². The van der Waals surface area contributed by atoms with Gasteiger partial charge in [-0.3, -0.25) is 14.6 Å². The number of benzene rings is 1. The molecule has 27 heavy (non-hydrogen) atoms. The first-order chi connectivity index (χ1) is 12.9. The highest BCUT2D eigenvalue weighted by Gasteiger charge is 2.70. The van der Waals surface area contributed by atoms with E-state index >= 15 is 0 Å². The quantitative estimate of drug-likeness (QED) is 0.640. The van der Waals surface area contributed by atoms with E-state index in [4.69, 9.17) is 27.9 Å². The zero-order valence-corrected chi connectivity index (χ0v) is 16.2. The summed E-state index contributed by atoms with van der Waals surface area (Å²) in [5, 5.41) is 0.847. The van der Waals surface area contributed by atoms with Crippen molar-refractivity contribution in [2.75, 3.05) is 6.61 Å². The second kappa shape index (κ2) is 6.92. The summed E-state index contributed by atoms with van der Waals surface area (Å²) in [6, 6.07) is 10.5. The second-order valence-electron chi connectivity index (χ2n) is 7.81. The lowest BCUT2D eigenvalue weighted by Crippen LogP contribution is -2.66. The molecule has 0 aliphatic heterocycles. The topological polar surface area (TPSA) is 56.3 Å². The number of carbonyl (C=O) groups is 2. The first kappa shape index (κ1) is 18.5. The van der Waals surface area contributed by atoms with Crippen LogP contribution in [-0.2, 0) is 16.0 Å². The zero-order chi connectivity index (χ0) is 19.1. The van der Waals surface area contributed by atoms with E-state index in [1.54, 1.807) is 24.4 Å². The molecule has 3 fully saturated rings. The van der Waals surface area contributed by atoms with Crippen molar-refractivity contribution in [3.8, 4) is 5.75 Å². The lowest BCUT2D eigenvalue weighted by molar-refractivity contribution is -0.207. The van der Waals surface area contributed by atoms with Crippen molar-refractivity contribution in [1.29, 1.82) is 0 Å². The Labute approximate surface area is 167 Å². The first-order valence-corrected chi connectivity index (χ1v) is 9.68. The molecule has 2 aromatic rings. The summed E-state index contributed by atoms with van der Waals surface area (Å²) in [6.07, 6.45) is 4.98. The summed E-state index contributed by atoms with van der Waals surface area (Å²) in [4.78, 5) is 29.1. The molecule has 0 saturated heterocycles. The maximum absolute atomic E-state index is 12.6. The van der Waals surface area contributed by atoms with Crippen molar-refractivity contribution in [3.63, 3.8) is 0 Å². The summed E-state index contributed by atoms with van der Waals surface area (Å²) in [5.41, 5.74) is 0.590. The van der Waals surface area contributed by atoms with Crippen molar-refractivity contribution in [3.05, 3.63) is 58.3 Å². The molecule has 0 amide bonds. The van der Waals surface area contributed by atoms with Gasteiger partial charge in [-0.15, -0.1) is 0 Å². The summed E-state index contributed by atoms with van der Waals surface area (Å²) in [7, 11) is 0. The van der Waals surface area contributed by atoms with Gasteiger partial charge in [-0.25, -0.2) is 0 Å². The Bertz CT molecular complexity index is 878. The van der Waals surface area contributed by atoms with Crippen LogP contribution in [0.2, 0.25) is 10.0 Å². The third-order valence-corrected chi connectivity index (χ3v) is 6.40. The summed E-state index contributed by atoms with van der Waals surface area (Å²) >= 11 is 11.8. The summed E-state index contributed by atoms with van der Waals surface area (Å²) in [6.45, 7) is 0.00852. The van der Waals surface area contributed by atoms with Gasteiger partial charge < -0.3 is 4.74 Å². The number of rotatable bonds is 8. The molecule has 3 aliphatic rings. The van der Waals surface area contributed by atoms with E-state index in [0.29, 0.717) is 28.6 Å². The van der Waals surface area contributed by atoms with E-state index in [9.17, 15) is 9.59 Å². The number of hydrogen-bond acceptors (Lipinski definition) is 4. The van der Waals surface area contributed by atoms with Gasteiger partial charge in [0.25, 0.3) is 0 Å². The van der Waals surface area contributed by atoms with Gasteiger partial charge >= 0.3 is 0 Å². The Kier molecular flexibility index (Phi) is 4.73. The molecule has 0 spiro atoms. The average molecular weight is 404 g/mol. The molecule has 4 nitrogen and oxygen atoms in total. The van der Waals surface area contributed by atoms with Crippen molar-refractivity contribution in [2.45, 2.75) is 32.1 Å². The number of carbonyl (C=O) groups excluding carboxylic acids is 2. The Balaban J connectivity index is 1.25. The largest absolute Gasteiger partial charge is 0.486 e. The van der Waals surface area contributed by atoms with Gasteiger partial charge in [0.2, 0.25) is 0 Å². The van der Waals surface area contributed by atoms with Crippen LogP contribution in [0.1, 0.15) is 31.4 Å². The van der Waals surface area contributed by atoms with Crippen molar-refractivity contribution in [2.24, 2.45) is 10.8 Å². The van der Waals surface area contributed by atoms with Gasteiger partial charge in [0, 0.05) is 36.2 Å². The predicted molar refractivity (Wildman–Crippen MR) is 103 cm³/mol. The van der Waals surface area contributed by atoms with E-state index in [0.717, 1.165) is 25.0 Å². The van der Waals surface area contributed by atoms with E-state index < -0.39 is 0 Å². The molecule has 0 atom stereocenters. The van der Waals surface area contributed by atoms with Crippen LogP contribution in [0.4, 0.5) is 0 Å². The Hall–Kier alpha value is -1.91. The zero-order valence-electron chi connectivity index (χ0n) is 14.7. The smallest absolute Gasteiger partial charge is 0.170 e. The summed E-state index contributed by atoms with van der Waals surface area (Å²) < 4.78 is 5.52. The molecule has 2 bridgehead atoms. The first-order valence-electron chi connectivity index (χ1n) is 8.93. The third-order valence-electron chi connectivity index (χ3n) is 5.66. The fraction of sp³-hybridized carbons (Fsp3) is 0.381. The average Bonchev–Trinajstić information content (AvgIpc) is 2.58. The molecule has 5 rings (SSSR count). The maximum atomic E-state index is 12.6. The predicted octanol–water partition coefficient (Wildman–Crippen LogP) is 4.71. The highest BCUT2D eigenvalue weighted by atomic mass is 35.5. The number of nitrogens with zero attached hydrogens (tertiary/aromatic N) is 1. The molecular weight excluding hydrogens is 385 g/mol. The second-order valence-corrected chi connectivity index (χ2v) is 8.63. The third kappa shape index (κ3) is 3.61. The van der Waals surface area contributed by atoms with Crippen LogP contribution in [0, 0.1) is 10.8 Å². The van der Waals surface area contributed by atoms with Gasteiger partial charge in [0.15, 0.2) is 5.78 Å². The van der Waals surface area contributed by atoms with Gasteiger partial charge in [-0.2, -0.15) is 0 Å². The van der Waals surface area contributed by atoms with Crippen LogP contribution in [0.3, 0.4) is 0 Å². The highest BCUT2D eigenvalue weighted by molar-refractivity contribution is 6.42. The minimum atomic E-state index is -0.220. The number of ether oxygens (including phenoxy) is 1. The molecule has 1 aromatic heterocycles. The lowest BCUT2D eigenvalue weighted by atomic mass is 9.33. The number of Topliss-reactive ketones (excluding diaryl/α,β-unsaturated/α-hetero) is 2. The number of halogens is 2. The normalized spacial score (nSPS) is 25.3. The number of hydrogen-bond donors (Lipinski definition) is 0. The molecular formula is C21H19Cl2NO3. The molecule has 6 heteroatoms. The summed E-state index contributed by atoms with van der Waals surface area (Å²) in [5.74, 6) is 0.825.